The Morgan fingerprint density at radius 3 is 2.37 bits per heavy atom. The Kier molecular flexibility index (Phi) is 3.39. The summed E-state index contributed by atoms with van der Waals surface area (Å²) < 4.78 is 5.74. The van der Waals surface area contributed by atoms with Gasteiger partial charge in [-0.15, -0.1) is 0 Å². The van der Waals surface area contributed by atoms with Crippen molar-refractivity contribution in [1.82, 2.24) is 0 Å². The molecule has 94 valence electrons. The first-order valence-corrected chi connectivity index (χ1v) is 6.56. The van der Waals surface area contributed by atoms with Gasteiger partial charge in [0.2, 0.25) is 0 Å². The summed E-state index contributed by atoms with van der Waals surface area (Å²) in [5.41, 5.74) is 1.14. The number of benzene rings is 3. The van der Waals surface area contributed by atoms with Gasteiger partial charge in [0.05, 0.1) is 5.02 Å². The van der Waals surface area contributed by atoms with Crippen LogP contribution in [0.1, 0.15) is 5.56 Å². The number of ether oxygens (including phenoxy) is 1. The fourth-order valence-electron chi connectivity index (χ4n) is 2.05. The molecule has 0 N–H and O–H groups in total. The third-order valence-corrected chi connectivity index (χ3v) is 3.36. The van der Waals surface area contributed by atoms with Crippen molar-refractivity contribution < 1.29 is 4.74 Å². The maximum atomic E-state index is 6.06. The number of hydrogen-bond acceptors (Lipinski definition) is 1. The third-order valence-electron chi connectivity index (χ3n) is 3.04. The molecule has 2 heteroatoms. The molecule has 0 spiro atoms. The maximum Gasteiger partial charge on any atom is 0.138 e. The summed E-state index contributed by atoms with van der Waals surface area (Å²) in [5, 5.41) is 3.11. The van der Waals surface area contributed by atoms with Gasteiger partial charge in [0.25, 0.3) is 0 Å². The molecule has 0 aromatic heterocycles. The van der Waals surface area contributed by atoms with E-state index < -0.39 is 0 Å². The van der Waals surface area contributed by atoms with Crippen LogP contribution >= 0.6 is 11.6 Å². The molecule has 0 unspecified atom stereocenters. The van der Waals surface area contributed by atoms with Crippen LogP contribution in [0, 0.1) is 0 Å². The van der Waals surface area contributed by atoms with Gasteiger partial charge < -0.3 is 4.74 Å². The SMILES string of the molecule is Clc1ccccc1OCc1ccc2ccccc2c1. The Labute approximate surface area is 117 Å². The van der Waals surface area contributed by atoms with E-state index in [0.717, 1.165) is 11.3 Å². The zero-order valence-corrected chi connectivity index (χ0v) is 11.1. The molecule has 0 aliphatic carbocycles. The van der Waals surface area contributed by atoms with Gasteiger partial charge in [-0.3, -0.25) is 0 Å². The first kappa shape index (κ1) is 12.1. The molecule has 3 aromatic carbocycles. The minimum atomic E-state index is 0.522. The van der Waals surface area contributed by atoms with E-state index in [0.29, 0.717) is 11.6 Å². The summed E-state index contributed by atoms with van der Waals surface area (Å²) in [6.07, 6.45) is 0. The average Bonchev–Trinajstić information content (AvgIpc) is 2.46. The lowest BCUT2D eigenvalue weighted by molar-refractivity contribution is 0.306. The molecule has 0 radical (unpaired) electrons. The first-order chi connectivity index (χ1) is 9.33. The maximum absolute atomic E-state index is 6.06. The lowest BCUT2D eigenvalue weighted by atomic mass is 10.1. The van der Waals surface area contributed by atoms with Gasteiger partial charge in [0, 0.05) is 0 Å². The highest BCUT2D eigenvalue weighted by atomic mass is 35.5. The summed E-state index contributed by atoms with van der Waals surface area (Å²) in [4.78, 5) is 0. The summed E-state index contributed by atoms with van der Waals surface area (Å²) in [6.45, 7) is 0.522. The van der Waals surface area contributed by atoms with Crippen LogP contribution in [0.5, 0.6) is 5.75 Å². The van der Waals surface area contributed by atoms with Crippen molar-refractivity contribution in [2.24, 2.45) is 0 Å². The topological polar surface area (TPSA) is 9.23 Å². The first-order valence-electron chi connectivity index (χ1n) is 6.18. The van der Waals surface area contributed by atoms with Crippen LogP contribution in [0.25, 0.3) is 10.8 Å². The predicted molar refractivity (Wildman–Crippen MR) is 79.7 cm³/mol. The van der Waals surface area contributed by atoms with Crippen LogP contribution < -0.4 is 4.74 Å². The van der Waals surface area contributed by atoms with Gasteiger partial charge in [-0.05, 0) is 34.5 Å². The predicted octanol–water partition coefficient (Wildman–Crippen LogP) is 5.07. The van der Waals surface area contributed by atoms with Crippen molar-refractivity contribution in [3.63, 3.8) is 0 Å². The molecule has 1 nitrogen and oxygen atoms in total. The number of halogens is 1. The summed E-state index contributed by atoms with van der Waals surface area (Å²) in [7, 11) is 0. The molecule has 0 saturated carbocycles. The van der Waals surface area contributed by atoms with Gasteiger partial charge in [0.15, 0.2) is 0 Å². The number of fused-ring (bicyclic) bond motifs is 1. The minimum Gasteiger partial charge on any atom is -0.487 e. The monoisotopic (exact) mass is 268 g/mol. The summed E-state index contributed by atoms with van der Waals surface area (Å²) >= 11 is 6.06. The summed E-state index contributed by atoms with van der Waals surface area (Å²) in [6, 6.07) is 22.2. The van der Waals surface area contributed by atoms with Crippen LogP contribution in [0.4, 0.5) is 0 Å². The number of hydrogen-bond donors (Lipinski definition) is 0. The highest BCUT2D eigenvalue weighted by Crippen LogP contribution is 2.24. The van der Waals surface area contributed by atoms with Gasteiger partial charge in [-0.1, -0.05) is 60.1 Å². The minimum absolute atomic E-state index is 0.522. The van der Waals surface area contributed by atoms with E-state index >= 15 is 0 Å². The van der Waals surface area contributed by atoms with Gasteiger partial charge in [0.1, 0.15) is 12.4 Å². The Morgan fingerprint density at radius 2 is 1.53 bits per heavy atom. The van der Waals surface area contributed by atoms with Crippen molar-refractivity contribution in [2.45, 2.75) is 6.61 Å². The van der Waals surface area contributed by atoms with E-state index in [4.69, 9.17) is 16.3 Å². The van der Waals surface area contributed by atoms with E-state index in [9.17, 15) is 0 Å². The molecule has 0 aliphatic rings. The van der Waals surface area contributed by atoms with Gasteiger partial charge in [-0.25, -0.2) is 0 Å². The normalized spacial score (nSPS) is 10.6. The molecule has 0 atom stereocenters. The van der Waals surface area contributed by atoms with E-state index in [1.807, 2.05) is 36.4 Å². The van der Waals surface area contributed by atoms with Crippen LogP contribution in [0.2, 0.25) is 5.02 Å². The zero-order valence-electron chi connectivity index (χ0n) is 10.3. The number of para-hydroxylation sites is 1. The molecule has 19 heavy (non-hydrogen) atoms. The van der Waals surface area contributed by atoms with E-state index in [1.54, 1.807) is 0 Å². The number of rotatable bonds is 3. The molecule has 0 aliphatic heterocycles. The van der Waals surface area contributed by atoms with Gasteiger partial charge >= 0.3 is 0 Å². The highest BCUT2D eigenvalue weighted by molar-refractivity contribution is 6.32. The van der Waals surface area contributed by atoms with Crippen molar-refractivity contribution in [2.75, 3.05) is 0 Å². The van der Waals surface area contributed by atoms with Crippen LogP contribution in [-0.4, -0.2) is 0 Å². The molecule has 0 saturated heterocycles. The second-order valence-corrected chi connectivity index (χ2v) is 4.81. The van der Waals surface area contributed by atoms with Crippen molar-refractivity contribution in [1.29, 1.82) is 0 Å². The zero-order chi connectivity index (χ0) is 13.1. The Bertz CT molecular complexity index is 706. The smallest absolute Gasteiger partial charge is 0.138 e. The lowest BCUT2D eigenvalue weighted by Gasteiger charge is -2.08. The molecule has 0 amide bonds. The third kappa shape index (κ3) is 2.72. The Hall–Kier alpha value is -1.99. The van der Waals surface area contributed by atoms with Crippen LogP contribution in [0.15, 0.2) is 66.7 Å². The van der Waals surface area contributed by atoms with Crippen molar-refractivity contribution >= 4 is 22.4 Å². The summed E-state index contributed by atoms with van der Waals surface area (Å²) in [5.74, 6) is 0.720. The van der Waals surface area contributed by atoms with E-state index in [1.165, 1.54) is 10.8 Å². The quantitative estimate of drug-likeness (QED) is 0.644. The van der Waals surface area contributed by atoms with Crippen LogP contribution in [-0.2, 0) is 6.61 Å². The van der Waals surface area contributed by atoms with Crippen LogP contribution in [0.3, 0.4) is 0 Å². The molecular weight excluding hydrogens is 256 g/mol. The lowest BCUT2D eigenvalue weighted by Crippen LogP contribution is -1.95. The molecule has 0 bridgehead atoms. The second-order valence-electron chi connectivity index (χ2n) is 4.40. The average molecular weight is 269 g/mol. The Morgan fingerprint density at radius 1 is 0.789 bits per heavy atom. The van der Waals surface area contributed by atoms with Crippen molar-refractivity contribution in [3.05, 3.63) is 77.3 Å². The fourth-order valence-corrected chi connectivity index (χ4v) is 2.24. The Balaban J connectivity index is 1.80. The molecular formula is C17H13ClO. The molecule has 0 fully saturated rings. The van der Waals surface area contributed by atoms with E-state index in [2.05, 4.69) is 30.3 Å². The van der Waals surface area contributed by atoms with Crippen molar-refractivity contribution in [3.8, 4) is 5.75 Å². The van der Waals surface area contributed by atoms with E-state index in [-0.39, 0.29) is 0 Å². The molecule has 0 heterocycles. The molecule has 3 aromatic rings. The fraction of sp³-hybridized carbons (Fsp3) is 0.0588. The molecule has 3 rings (SSSR count). The standard InChI is InChI=1S/C17H13ClO/c18-16-7-3-4-8-17(16)19-12-13-9-10-14-5-1-2-6-15(14)11-13/h1-11H,12H2. The largest absolute Gasteiger partial charge is 0.487 e. The highest BCUT2D eigenvalue weighted by Gasteiger charge is 2.01. The van der Waals surface area contributed by atoms with Gasteiger partial charge in [-0.2, -0.15) is 0 Å². The second kappa shape index (κ2) is 5.33.